The van der Waals surface area contributed by atoms with E-state index in [1.165, 1.54) is 12.1 Å². The standard InChI is InChI=1S/C27H24F2N4O2/c28-20-11-17(12-21(29)15-20)13-24(33-25(34)16-22-7-1-2-9-31-22)26-23(8-4-10-32-26)18-5-3-6-19(14-18)27(30)35/h1,3-8,10-12,14-15,24H,2,9,13,16H2,(H2,30,35)(H,33,34). The van der Waals surface area contributed by atoms with E-state index in [9.17, 15) is 18.4 Å². The molecule has 1 aliphatic rings. The molecule has 0 radical (unpaired) electrons. The molecule has 0 bridgehead atoms. The normalized spacial score (nSPS) is 13.7. The highest BCUT2D eigenvalue weighted by molar-refractivity contribution is 6.07. The second kappa shape index (κ2) is 10.8. The lowest BCUT2D eigenvalue weighted by Gasteiger charge is -2.22. The lowest BCUT2D eigenvalue weighted by atomic mass is 9.94. The Morgan fingerprint density at radius 1 is 1.06 bits per heavy atom. The molecule has 2 heterocycles. The molecule has 1 atom stereocenters. The Balaban J connectivity index is 1.71. The zero-order chi connectivity index (χ0) is 24.8. The number of primary amides is 1. The highest BCUT2D eigenvalue weighted by Gasteiger charge is 2.22. The fraction of sp³-hybridized carbons (Fsp3) is 0.185. The van der Waals surface area contributed by atoms with Crippen molar-refractivity contribution in [2.45, 2.75) is 25.3 Å². The van der Waals surface area contributed by atoms with Gasteiger partial charge in [0.1, 0.15) is 11.6 Å². The summed E-state index contributed by atoms with van der Waals surface area (Å²) in [4.78, 5) is 33.5. The minimum absolute atomic E-state index is 0.0733. The van der Waals surface area contributed by atoms with Gasteiger partial charge in [0.05, 0.1) is 18.2 Å². The smallest absolute Gasteiger partial charge is 0.248 e. The van der Waals surface area contributed by atoms with Gasteiger partial charge in [-0.3, -0.25) is 19.6 Å². The van der Waals surface area contributed by atoms with Gasteiger partial charge >= 0.3 is 0 Å². The van der Waals surface area contributed by atoms with E-state index < -0.39 is 23.6 Å². The Morgan fingerprint density at radius 2 is 1.86 bits per heavy atom. The third-order valence-corrected chi connectivity index (χ3v) is 5.59. The number of aliphatic imine (C=N–C) groups is 1. The summed E-state index contributed by atoms with van der Waals surface area (Å²) in [5.74, 6) is -2.28. The summed E-state index contributed by atoms with van der Waals surface area (Å²) in [6.45, 7) is 0.631. The number of pyridine rings is 1. The molecule has 0 aliphatic carbocycles. The van der Waals surface area contributed by atoms with Crippen LogP contribution in [0.15, 0.2) is 77.9 Å². The lowest BCUT2D eigenvalue weighted by Crippen LogP contribution is -2.32. The summed E-state index contributed by atoms with van der Waals surface area (Å²) in [5, 5.41) is 2.96. The maximum Gasteiger partial charge on any atom is 0.248 e. The minimum atomic E-state index is -0.706. The number of benzene rings is 2. The van der Waals surface area contributed by atoms with Gasteiger partial charge in [-0.25, -0.2) is 8.78 Å². The van der Waals surface area contributed by atoms with E-state index in [0.29, 0.717) is 40.2 Å². The Bertz CT molecular complexity index is 1300. The quantitative estimate of drug-likeness (QED) is 0.509. The van der Waals surface area contributed by atoms with Crippen LogP contribution in [0, 0.1) is 11.6 Å². The summed E-state index contributed by atoms with van der Waals surface area (Å²) in [5.41, 5.74) is 8.63. The topological polar surface area (TPSA) is 97.4 Å². The number of halogens is 2. The van der Waals surface area contributed by atoms with Gasteiger partial charge in [0.25, 0.3) is 0 Å². The summed E-state index contributed by atoms with van der Waals surface area (Å²) in [6, 6.07) is 12.8. The Kier molecular flexibility index (Phi) is 7.40. The fourth-order valence-electron chi connectivity index (χ4n) is 4.04. The lowest BCUT2D eigenvalue weighted by molar-refractivity contribution is -0.120. The number of aromatic nitrogens is 1. The molecule has 8 heteroatoms. The Hall–Kier alpha value is -4.20. The van der Waals surface area contributed by atoms with Gasteiger partial charge < -0.3 is 11.1 Å². The van der Waals surface area contributed by atoms with E-state index >= 15 is 0 Å². The highest BCUT2D eigenvalue weighted by Crippen LogP contribution is 2.29. The summed E-state index contributed by atoms with van der Waals surface area (Å²) in [6.07, 6.45) is 6.37. The van der Waals surface area contributed by atoms with Crippen molar-refractivity contribution < 1.29 is 18.4 Å². The minimum Gasteiger partial charge on any atom is -0.366 e. The monoisotopic (exact) mass is 474 g/mol. The number of nitrogens with zero attached hydrogens (tertiary/aromatic N) is 2. The molecular formula is C27H24F2N4O2. The van der Waals surface area contributed by atoms with Crippen LogP contribution in [0.25, 0.3) is 11.1 Å². The van der Waals surface area contributed by atoms with Crippen LogP contribution in [-0.4, -0.2) is 29.1 Å². The molecule has 1 unspecified atom stereocenters. The van der Waals surface area contributed by atoms with Crippen LogP contribution < -0.4 is 11.1 Å². The van der Waals surface area contributed by atoms with Gasteiger partial charge in [-0.15, -0.1) is 0 Å². The Labute approximate surface area is 201 Å². The van der Waals surface area contributed by atoms with Crippen molar-refractivity contribution >= 4 is 17.5 Å². The first-order valence-corrected chi connectivity index (χ1v) is 11.2. The molecule has 2 amide bonds. The number of allylic oxidation sites excluding steroid dienone is 1. The number of dihydropyridines is 1. The first kappa shape index (κ1) is 23.9. The van der Waals surface area contributed by atoms with Crippen LogP contribution in [0.3, 0.4) is 0 Å². The number of nitrogens with two attached hydrogens (primary N) is 1. The summed E-state index contributed by atoms with van der Waals surface area (Å²) >= 11 is 0. The van der Waals surface area contributed by atoms with Crippen molar-refractivity contribution in [1.82, 2.24) is 10.3 Å². The molecule has 1 aliphatic heterocycles. The molecule has 0 spiro atoms. The van der Waals surface area contributed by atoms with Crippen LogP contribution in [0.1, 0.15) is 40.5 Å². The molecule has 4 rings (SSSR count). The van der Waals surface area contributed by atoms with Gasteiger partial charge in [-0.05, 0) is 60.4 Å². The molecule has 3 aromatic rings. The van der Waals surface area contributed by atoms with Gasteiger partial charge in [0.2, 0.25) is 11.8 Å². The SMILES string of the molecule is NC(=O)c1cccc(-c2cccnc2C(Cc2cc(F)cc(F)c2)NC(=O)CC2=NCCC=C2)c1. The molecule has 178 valence electrons. The first-order chi connectivity index (χ1) is 16.9. The van der Waals surface area contributed by atoms with E-state index in [1.54, 1.807) is 36.5 Å². The second-order valence-electron chi connectivity index (χ2n) is 8.22. The van der Waals surface area contributed by atoms with Crippen molar-refractivity contribution in [3.05, 3.63) is 101 Å². The predicted molar refractivity (Wildman–Crippen MR) is 130 cm³/mol. The first-order valence-electron chi connectivity index (χ1n) is 11.2. The summed E-state index contributed by atoms with van der Waals surface area (Å²) in [7, 11) is 0. The van der Waals surface area contributed by atoms with E-state index in [0.717, 1.165) is 12.5 Å². The third-order valence-electron chi connectivity index (χ3n) is 5.59. The molecule has 0 fully saturated rings. The van der Waals surface area contributed by atoms with Crippen LogP contribution >= 0.6 is 0 Å². The maximum atomic E-state index is 13.9. The average molecular weight is 475 g/mol. The van der Waals surface area contributed by atoms with Gasteiger partial charge in [0, 0.05) is 35.6 Å². The van der Waals surface area contributed by atoms with Crippen molar-refractivity contribution in [2.24, 2.45) is 10.7 Å². The molecule has 6 nitrogen and oxygen atoms in total. The highest BCUT2D eigenvalue weighted by atomic mass is 19.1. The van der Waals surface area contributed by atoms with Gasteiger partial charge in [0.15, 0.2) is 0 Å². The zero-order valence-electron chi connectivity index (χ0n) is 18.9. The molecular weight excluding hydrogens is 450 g/mol. The second-order valence-corrected chi connectivity index (χ2v) is 8.22. The predicted octanol–water partition coefficient (Wildman–Crippen LogP) is 4.32. The molecule has 2 aromatic carbocycles. The molecule has 0 saturated carbocycles. The fourth-order valence-corrected chi connectivity index (χ4v) is 4.04. The van der Waals surface area contributed by atoms with Crippen molar-refractivity contribution in [3.63, 3.8) is 0 Å². The number of amides is 2. The van der Waals surface area contributed by atoms with Crippen LogP contribution in [0.4, 0.5) is 8.78 Å². The number of hydrogen-bond donors (Lipinski definition) is 2. The molecule has 1 aromatic heterocycles. The number of carbonyl (C=O) groups excluding carboxylic acids is 2. The number of rotatable bonds is 8. The third kappa shape index (κ3) is 6.23. The number of nitrogens with one attached hydrogen (secondary N) is 1. The van der Waals surface area contributed by atoms with E-state index in [1.807, 2.05) is 18.2 Å². The van der Waals surface area contributed by atoms with Crippen LogP contribution in [0.5, 0.6) is 0 Å². The maximum absolute atomic E-state index is 13.9. The average Bonchev–Trinajstić information content (AvgIpc) is 2.84. The van der Waals surface area contributed by atoms with Crippen molar-refractivity contribution in [2.75, 3.05) is 6.54 Å². The van der Waals surface area contributed by atoms with E-state index in [2.05, 4.69) is 15.3 Å². The summed E-state index contributed by atoms with van der Waals surface area (Å²) < 4.78 is 27.8. The van der Waals surface area contributed by atoms with Gasteiger partial charge in [-0.2, -0.15) is 0 Å². The largest absolute Gasteiger partial charge is 0.366 e. The van der Waals surface area contributed by atoms with Crippen molar-refractivity contribution in [3.8, 4) is 11.1 Å². The van der Waals surface area contributed by atoms with E-state index in [-0.39, 0.29) is 18.7 Å². The molecule has 0 saturated heterocycles. The van der Waals surface area contributed by atoms with Crippen molar-refractivity contribution in [1.29, 1.82) is 0 Å². The van der Waals surface area contributed by atoms with Crippen LogP contribution in [0.2, 0.25) is 0 Å². The molecule has 35 heavy (non-hydrogen) atoms. The zero-order valence-corrected chi connectivity index (χ0v) is 18.9. The number of hydrogen-bond acceptors (Lipinski definition) is 4. The van der Waals surface area contributed by atoms with E-state index in [4.69, 9.17) is 5.73 Å². The van der Waals surface area contributed by atoms with Crippen LogP contribution in [-0.2, 0) is 11.2 Å². The number of carbonyl (C=O) groups is 2. The van der Waals surface area contributed by atoms with Gasteiger partial charge in [-0.1, -0.05) is 24.3 Å². The Morgan fingerprint density at radius 3 is 2.57 bits per heavy atom. The molecule has 3 N–H and O–H groups in total.